The highest BCUT2D eigenvalue weighted by molar-refractivity contribution is 6.32. The van der Waals surface area contributed by atoms with Crippen LogP contribution in [-0.2, 0) is 6.42 Å². The molecule has 1 saturated heterocycles. The average molecular weight is 254 g/mol. The monoisotopic (exact) mass is 253 g/mol. The molecule has 0 radical (unpaired) electrons. The van der Waals surface area contributed by atoms with Crippen molar-refractivity contribution in [3.8, 4) is 5.75 Å². The summed E-state index contributed by atoms with van der Waals surface area (Å²) >= 11 is 6.29. The molecule has 0 atom stereocenters. The molecule has 0 bridgehead atoms. The Morgan fingerprint density at radius 2 is 2.06 bits per heavy atom. The Morgan fingerprint density at radius 3 is 2.65 bits per heavy atom. The third kappa shape index (κ3) is 2.75. The van der Waals surface area contributed by atoms with E-state index < -0.39 is 0 Å². The SMILES string of the molecule is CCc1cc(Cl)c(OC)c(C2CCNCC2)c1. The molecule has 0 spiro atoms. The molecule has 94 valence electrons. The number of halogens is 1. The number of benzene rings is 1. The largest absolute Gasteiger partial charge is 0.495 e. The highest BCUT2D eigenvalue weighted by Crippen LogP contribution is 2.38. The summed E-state index contributed by atoms with van der Waals surface area (Å²) in [5.41, 5.74) is 2.59. The Labute approximate surface area is 108 Å². The third-order valence-electron chi connectivity index (χ3n) is 3.52. The minimum atomic E-state index is 0.579. The number of rotatable bonds is 3. The van der Waals surface area contributed by atoms with Gasteiger partial charge in [0.2, 0.25) is 0 Å². The van der Waals surface area contributed by atoms with Crippen molar-refractivity contribution < 1.29 is 4.74 Å². The van der Waals surface area contributed by atoms with Crippen molar-refractivity contribution in [2.24, 2.45) is 0 Å². The lowest BCUT2D eigenvalue weighted by molar-refractivity contribution is 0.391. The Morgan fingerprint density at radius 1 is 1.35 bits per heavy atom. The van der Waals surface area contributed by atoms with Gasteiger partial charge in [-0.15, -0.1) is 0 Å². The van der Waals surface area contributed by atoms with Gasteiger partial charge in [0.15, 0.2) is 0 Å². The van der Waals surface area contributed by atoms with Crippen LogP contribution in [0.3, 0.4) is 0 Å². The average Bonchev–Trinajstić information content (AvgIpc) is 2.38. The molecule has 17 heavy (non-hydrogen) atoms. The fourth-order valence-corrected chi connectivity index (χ4v) is 2.86. The van der Waals surface area contributed by atoms with Gasteiger partial charge in [-0.3, -0.25) is 0 Å². The lowest BCUT2D eigenvalue weighted by Gasteiger charge is -2.25. The van der Waals surface area contributed by atoms with Gasteiger partial charge in [0.25, 0.3) is 0 Å². The van der Waals surface area contributed by atoms with Gasteiger partial charge in [-0.05, 0) is 55.5 Å². The van der Waals surface area contributed by atoms with Gasteiger partial charge in [-0.25, -0.2) is 0 Å². The Balaban J connectivity index is 2.38. The smallest absolute Gasteiger partial charge is 0.140 e. The number of hydrogen-bond acceptors (Lipinski definition) is 2. The summed E-state index contributed by atoms with van der Waals surface area (Å²) < 4.78 is 5.48. The maximum atomic E-state index is 6.29. The molecule has 0 unspecified atom stereocenters. The predicted molar refractivity (Wildman–Crippen MR) is 72.2 cm³/mol. The summed E-state index contributed by atoms with van der Waals surface area (Å²) in [5, 5.41) is 4.14. The van der Waals surface area contributed by atoms with Crippen LogP contribution in [0.4, 0.5) is 0 Å². The summed E-state index contributed by atoms with van der Waals surface area (Å²) in [6.45, 7) is 4.33. The second-order valence-electron chi connectivity index (χ2n) is 4.58. The normalized spacial score (nSPS) is 17.1. The number of methoxy groups -OCH3 is 1. The van der Waals surface area contributed by atoms with Crippen LogP contribution >= 0.6 is 11.6 Å². The van der Waals surface area contributed by atoms with Gasteiger partial charge < -0.3 is 10.1 Å². The summed E-state index contributed by atoms with van der Waals surface area (Å²) in [6, 6.07) is 4.28. The first-order chi connectivity index (χ1) is 8.26. The molecule has 2 nitrogen and oxygen atoms in total. The Hall–Kier alpha value is -0.730. The van der Waals surface area contributed by atoms with Gasteiger partial charge in [-0.1, -0.05) is 24.6 Å². The highest BCUT2D eigenvalue weighted by Gasteiger charge is 2.21. The highest BCUT2D eigenvalue weighted by atomic mass is 35.5. The lowest BCUT2D eigenvalue weighted by atomic mass is 9.88. The molecule has 0 amide bonds. The molecule has 1 aromatic rings. The van der Waals surface area contributed by atoms with Crippen molar-refractivity contribution in [2.45, 2.75) is 32.1 Å². The fourth-order valence-electron chi connectivity index (χ4n) is 2.53. The maximum Gasteiger partial charge on any atom is 0.140 e. The summed E-state index contributed by atoms with van der Waals surface area (Å²) in [7, 11) is 1.71. The van der Waals surface area contributed by atoms with Crippen molar-refractivity contribution in [1.29, 1.82) is 0 Å². The van der Waals surface area contributed by atoms with Crippen molar-refractivity contribution in [3.05, 3.63) is 28.3 Å². The van der Waals surface area contributed by atoms with Gasteiger partial charge in [0.05, 0.1) is 12.1 Å². The topological polar surface area (TPSA) is 21.3 Å². The lowest BCUT2D eigenvalue weighted by Crippen LogP contribution is -2.26. The zero-order valence-electron chi connectivity index (χ0n) is 10.6. The molecule has 1 heterocycles. The number of piperidine rings is 1. The molecule has 1 aliphatic rings. The summed E-state index contributed by atoms with van der Waals surface area (Å²) in [4.78, 5) is 0. The zero-order valence-corrected chi connectivity index (χ0v) is 11.3. The number of aryl methyl sites for hydroxylation is 1. The second-order valence-corrected chi connectivity index (χ2v) is 4.99. The van der Waals surface area contributed by atoms with E-state index in [-0.39, 0.29) is 0 Å². The van der Waals surface area contributed by atoms with E-state index in [2.05, 4.69) is 18.3 Å². The first kappa shape index (κ1) is 12.7. The van der Waals surface area contributed by atoms with Crippen LogP contribution < -0.4 is 10.1 Å². The van der Waals surface area contributed by atoms with Crippen LogP contribution in [0.25, 0.3) is 0 Å². The van der Waals surface area contributed by atoms with Gasteiger partial charge in [0.1, 0.15) is 5.75 Å². The second kappa shape index (κ2) is 5.74. The number of ether oxygens (including phenoxy) is 1. The Bertz CT molecular complexity index is 386. The molecular weight excluding hydrogens is 234 g/mol. The predicted octanol–water partition coefficient (Wildman–Crippen LogP) is 3.38. The molecule has 3 heteroatoms. The molecule has 1 fully saturated rings. The summed E-state index contributed by atoms with van der Waals surface area (Å²) in [5.74, 6) is 1.45. The first-order valence-electron chi connectivity index (χ1n) is 6.33. The summed E-state index contributed by atoms with van der Waals surface area (Å²) in [6.07, 6.45) is 3.35. The molecule has 2 rings (SSSR count). The minimum absolute atomic E-state index is 0.579. The van der Waals surface area contributed by atoms with Gasteiger partial charge >= 0.3 is 0 Å². The Kier molecular flexibility index (Phi) is 4.30. The van der Waals surface area contributed by atoms with Crippen LogP contribution in [0.15, 0.2) is 12.1 Å². The standard InChI is InChI=1S/C14H20ClNO/c1-3-10-8-12(11-4-6-16-7-5-11)14(17-2)13(15)9-10/h8-9,11,16H,3-7H2,1-2H3. The quantitative estimate of drug-likeness (QED) is 0.892. The molecule has 1 aliphatic heterocycles. The minimum Gasteiger partial charge on any atom is -0.495 e. The van der Waals surface area contributed by atoms with Crippen LogP contribution in [0, 0.1) is 0 Å². The maximum absolute atomic E-state index is 6.29. The van der Waals surface area contributed by atoms with Crippen molar-refractivity contribution in [3.63, 3.8) is 0 Å². The van der Waals surface area contributed by atoms with E-state index in [1.807, 2.05) is 6.07 Å². The molecule has 0 saturated carbocycles. The van der Waals surface area contributed by atoms with E-state index >= 15 is 0 Å². The van der Waals surface area contributed by atoms with Crippen molar-refractivity contribution in [1.82, 2.24) is 5.32 Å². The van der Waals surface area contributed by atoms with E-state index in [9.17, 15) is 0 Å². The van der Waals surface area contributed by atoms with Crippen LogP contribution in [0.5, 0.6) is 5.75 Å². The molecule has 1 aromatic carbocycles. The molecule has 1 N–H and O–H groups in total. The van der Waals surface area contributed by atoms with Gasteiger partial charge in [-0.2, -0.15) is 0 Å². The van der Waals surface area contributed by atoms with Crippen LogP contribution in [-0.4, -0.2) is 20.2 Å². The van der Waals surface area contributed by atoms with Crippen molar-refractivity contribution in [2.75, 3.05) is 20.2 Å². The van der Waals surface area contributed by atoms with E-state index in [0.717, 1.165) is 30.3 Å². The molecule has 0 aromatic heterocycles. The van der Waals surface area contributed by atoms with E-state index in [1.165, 1.54) is 24.0 Å². The third-order valence-corrected chi connectivity index (χ3v) is 3.80. The van der Waals surface area contributed by atoms with E-state index in [0.29, 0.717) is 5.92 Å². The number of nitrogens with one attached hydrogen (secondary N) is 1. The fraction of sp³-hybridized carbons (Fsp3) is 0.571. The van der Waals surface area contributed by atoms with Gasteiger partial charge in [0, 0.05) is 0 Å². The molecule has 0 aliphatic carbocycles. The van der Waals surface area contributed by atoms with E-state index in [1.54, 1.807) is 7.11 Å². The van der Waals surface area contributed by atoms with Crippen molar-refractivity contribution >= 4 is 11.6 Å². The van der Waals surface area contributed by atoms with Crippen LogP contribution in [0.1, 0.15) is 36.8 Å². The zero-order chi connectivity index (χ0) is 12.3. The number of hydrogen-bond donors (Lipinski definition) is 1. The van der Waals surface area contributed by atoms with E-state index in [4.69, 9.17) is 16.3 Å². The first-order valence-corrected chi connectivity index (χ1v) is 6.71. The molecular formula is C14H20ClNO. The van der Waals surface area contributed by atoms with Crippen LogP contribution in [0.2, 0.25) is 5.02 Å².